The van der Waals surface area contributed by atoms with Crippen LogP contribution in [0.5, 0.6) is 0 Å². The van der Waals surface area contributed by atoms with E-state index < -0.39 is 0 Å². The molecule has 0 spiro atoms. The van der Waals surface area contributed by atoms with Gasteiger partial charge in [0, 0.05) is 32.7 Å². The molecule has 2 fully saturated rings. The standard InChI is InChI=1S/C21H28N4O2/c26-21(23-14-17-4-3-13-27-17)8-7-16-9-11-25(12-10-16)20-15-22-18-5-1-2-6-19(18)24-20/h1-2,5-6,15-17H,3-4,7-14H2,(H,23,26)/t17-/m0/s1. The lowest BCUT2D eigenvalue weighted by Crippen LogP contribution is -2.35. The predicted molar refractivity (Wildman–Crippen MR) is 106 cm³/mol. The molecule has 0 aliphatic carbocycles. The van der Waals surface area contributed by atoms with Crippen molar-refractivity contribution in [1.29, 1.82) is 0 Å². The average Bonchev–Trinajstić information content (AvgIpc) is 3.24. The van der Waals surface area contributed by atoms with Crippen molar-refractivity contribution in [2.75, 3.05) is 31.1 Å². The highest BCUT2D eigenvalue weighted by Gasteiger charge is 2.22. The van der Waals surface area contributed by atoms with Crippen molar-refractivity contribution in [2.24, 2.45) is 5.92 Å². The Balaban J connectivity index is 1.20. The molecule has 6 heteroatoms. The molecular weight excluding hydrogens is 340 g/mol. The van der Waals surface area contributed by atoms with Crippen molar-refractivity contribution in [1.82, 2.24) is 15.3 Å². The summed E-state index contributed by atoms with van der Waals surface area (Å²) in [5.74, 6) is 1.73. The van der Waals surface area contributed by atoms with Gasteiger partial charge in [-0.3, -0.25) is 9.78 Å². The smallest absolute Gasteiger partial charge is 0.220 e. The summed E-state index contributed by atoms with van der Waals surface area (Å²) in [6, 6.07) is 7.98. The van der Waals surface area contributed by atoms with Crippen LogP contribution < -0.4 is 10.2 Å². The summed E-state index contributed by atoms with van der Waals surface area (Å²) in [5.41, 5.74) is 1.88. The van der Waals surface area contributed by atoms with Gasteiger partial charge in [-0.25, -0.2) is 4.98 Å². The third-order valence-electron chi connectivity index (χ3n) is 5.70. The minimum Gasteiger partial charge on any atom is -0.376 e. The molecule has 0 saturated carbocycles. The van der Waals surface area contributed by atoms with E-state index in [2.05, 4.69) is 15.2 Å². The van der Waals surface area contributed by atoms with Crippen molar-refractivity contribution in [2.45, 2.75) is 44.6 Å². The van der Waals surface area contributed by atoms with E-state index in [1.165, 1.54) is 0 Å². The van der Waals surface area contributed by atoms with Crippen molar-refractivity contribution in [3.8, 4) is 0 Å². The van der Waals surface area contributed by atoms with Crippen molar-refractivity contribution in [3.05, 3.63) is 30.5 Å². The second kappa shape index (κ2) is 8.65. The molecule has 0 unspecified atom stereocenters. The Hall–Kier alpha value is -2.21. The number of amides is 1. The highest BCUT2D eigenvalue weighted by molar-refractivity contribution is 5.76. The summed E-state index contributed by atoms with van der Waals surface area (Å²) in [7, 11) is 0. The number of ether oxygens (including phenoxy) is 1. The largest absolute Gasteiger partial charge is 0.376 e. The molecule has 1 N–H and O–H groups in total. The summed E-state index contributed by atoms with van der Waals surface area (Å²) in [4.78, 5) is 23.6. The van der Waals surface area contributed by atoms with Gasteiger partial charge in [-0.05, 0) is 50.2 Å². The number of para-hydroxylation sites is 2. The number of fused-ring (bicyclic) bond motifs is 1. The Morgan fingerprint density at radius 2 is 2.00 bits per heavy atom. The van der Waals surface area contributed by atoms with Gasteiger partial charge in [-0.15, -0.1) is 0 Å². The molecule has 2 aromatic rings. The molecule has 1 aromatic heterocycles. The van der Waals surface area contributed by atoms with Crippen molar-refractivity contribution in [3.63, 3.8) is 0 Å². The maximum atomic E-state index is 12.1. The van der Waals surface area contributed by atoms with E-state index in [0.717, 1.165) is 68.7 Å². The highest BCUT2D eigenvalue weighted by atomic mass is 16.5. The topological polar surface area (TPSA) is 67.4 Å². The summed E-state index contributed by atoms with van der Waals surface area (Å²) < 4.78 is 5.55. The summed E-state index contributed by atoms with van der Waals surface area (Å²) in [5, 5.41) is 3.02. The van der Waals surface area contributed by atoms with Gasteiger partial charge in [0.15, 0.2) is 0 Å². The fraction of sp³-hybridized carbons (Fsp3) is 0.571. The monoisotopic (exact) mass is 368 g/mol. The van der Waals surface area contributed by atoms with E-state index in [1.54, 1.807) is 0 Å². The van der Waals surface area contributed by atoms with Crippen LogP contribution in [0.15, 0.2) is 30.5 Å². The first-order chi connectivity index (χ1) is 13.3. The lowest BCUT2D eigenvalue weighted by Gasteiger charge is -2.32. The number of hydrogen-bond donors (Lipinski definition) is 1. The first-order valence-electron chi connectivity index (χ1n) is 10.1. The molecule has 0 radical (unpaired) electrons. The van der Waals surface area contributed by atoms with E-state index in [1.807, 2.05) is 30.5 Å². The lowest BCUT2D eigenvalue weighted by molar-refractivity contribution is -0.121. The number of aromatic nitrogens is 2. The van der Waals surface area contributed by atoms with Crippen LogP contribution >= 0.6 is 0 Å². The fourth-order valence-corrected chi connectivity index (χ4v) is 4.01. The van der Waals surface area contributed by atoms with Crippen LogP contribution in [0.25, 0.3) is 11.0 Å². The molecule has 1 amide bonds. The number of hydrogen-bond acceptors (Lipinski definition) is 5. The zero-order chi connectivity index (χ0) is 18.5. The zero-order valence-electron chi connectivity index (χ0n) is 15.8. The number of piperidine rings is 1. The quantitative estimate of drug-likeness (QED) is 0.849. The second-order valence-corrected chi connectivity index (χ2v) is 7.63. The van der Waals surface area contributed by atoms with Gasteiger partial charge in [-0.2, -0.15) is 0 Å². The predicted octanol–water partition coefficient (Wildman–Crippen LogP) is 2.92. The number of benzene rings is 1. The van der Waals surface area contributed by atoms with E-state index in [9.17, 15) is 4.79 Å². The van der Waals surface area contributed by atoms with Crippen molar-refractivity contribution >= 4 is 22.8 Å². The van der Waals surface area contributed by atoms with Gasteiger partial charge in [-0.1, -0.05) is 12.1 Å². The van der Waals surface area contributed by atoms with Crippen molar-refractivity contribution < 1.29 is 9.53 Å². The summed E-state index contributed by atoms with van der Waals surface area (Å²) in [6.45, 7) is 3.46. The molecule has 1 aromatic carbocycles. The average molecular weight is 368 g/mol. The van der Waals surface area contributed by atoms with Crippen LogP contribution in [0.4, 0.5) is 5.82 Å². The third kappa shape index (κ3) is 4.75. The molecule has 27 heavy (non-hydrogen) atoms. The van der Waals surface area contributed by atoms with Gasteiger partial charge in [0.05, 0.1) is 23.3 Å². The molecule has 0 bridgehead atoms. The molecule has 2 aliphatic rings. The molecule has 144 valence electrons. The van der Waals surface area contributed by atoms with Gasteiger partial charge in [0.1, 0.15) is 5.82 Å². The Morgan fingerprint density at radius 3 is 2.78 bits per heavy atom. The van der Waals surface area contributed by atoms with E-state index >= 15 is 0 Å². The number of nitrogens with one attached hydrogen (secondary N) is 1. The van der Waals surface area contributed by atoms with Gasteiger partial charge in [0.25, 0.3) is 0 Å². The van der Waals surface area contributed by atoms with Gasteiger partial charge >= 0.3 is 0 Å². The Morgan fingerprint density at radius 1 is 1.19 bits per heavy atom. The van der Waals surface area contributed by atoms with Crippen LogP contribution in [0.2, 0.25) is 0 Å². The van der Waals surface area contributed by atoms with E-state index in [4.69, 9.17) is 9.72 Å². The number of anilines is 1. The third-order valence-corrected chi connectivity index (χ3v) is 5.70. The minimum absolute atomic E-state index is 0.160. The number of nitrogens with zero attached hydrogens (tertiary/aromatic N) is 3. The summed E-state index contributed by atoms with van der Waals surface area (Å²) >= 11 is 0. The SMILES string of the molecule is O=C(CCC1CCN(c2cnc3ccccc3n2)CC1)NC[C@@H]1CCCO1. The normalized spacial score (nSPS) is 20.9. The van der Waals surface area contributed by atoms with E-state index in [0.29, 0.717) is 18.9 Å². The van der Waals surface area contributed by atoms with E-state index in [-0.39, 0.29) is 12.0 Å². The molecule has 1 atom stereocenters. The van der Waals surface area contributed by atoms with Gasteiger partial charge < -0.3 is 15.0 Å². The maximum absolute atomic E-state index is 12.1. The Kier molecular flexibility index (Phi) is 5.82. The molecule has 3 heterocycles. The highest BCUT2D eigenvalue weighted by Crippen LogP contribution is 2.25. The second-order valence-electron chi connectivity index (χ2n) is 7.63. The molecule has 2 saturated heterocycles. The lowest BCUT2D eigenvalue weighted by atomic mass is 9.92. The maximum Gasteiger partial charge on any atom is 0.220 e. The number of rotatable bonds is 6. The zero-order valence-corrected chi connectivity index (χ0v) is 15.8. The van der Waals surface area contributed by atoms with Crippen LogP contribution in [-0.4, -0.2) is 48.2 Å². The van der Waals surface area contributed by atoms with Crippen LogP contribution in [0, 0.1) is 5.92 Å². The summed E-state index contributed by atoms with van der Waals surface area (Å²) in [6.07, 6.45) is 8.07. The van der Waals surface area contributed by atoms with Gasteiger partial charge in [0.2, 0.25) is 5.91 Å². The van der Waals surface area contributed by atoms with Crippen LogP contribution in [0.1, 0.15) is 38.5 Å². The Labute approximate surface area is 160 Å². The molecule has 4 rings (SSSR count). The number of carbonyl (C=O) groups is 1. The molecule has 6 nitrogen and oxygen atoms in total. The minimum atomic E-state index is 0.160. The first-order valence-corrected chi connectivity index (χ1v) is 10.1. The molecule has 2 aliphatic heterocycles. The van der Waals surface area contributed by atoms with Crippen LogP contribution in [0.3, 0.4) is 0 Å². The first kappa shape index (κ1) is 18.2. The fourth-order valence-electron chi connectivity index (χ4n) is 4.01. The Bertz CT molecular complexity index is 768. The van der Waals surface area contributed by atoms with Crippen LogP contribution in [-0.2, 0) is 9.53 Å². The molecular formula is C21H28N4O2. The number of carbonyl (C=O) groups excluding carboxylic acids is 1.